The van der Waals surface area contributed by atoms with Gasteiger partial charge >= 0.3 is 0 Å². The summed E-state index contributed by atoms with van der Waals surface area (Å²) in [5.74, 6) is 1.11. The van der Waals surface area contributed by atoms with Crippen LogP contribution in [0.3, 0.4) is 0 Å². The molecule has 2 aliphatic rings. The van der Waals surface area contributed by atoms with Gasteiger partial charge in [-0.05, 0) is 38.8 Å². The summed E-state index contributed by atoms with van der Waals surface area (Å²) in [7, 11) is 1.77. The highest BCUT2D eigenvalue weighted by Gasteiger charge is 2.41. The number of aromatic nitrogens is 3. The van der Waals surface area contributed by atoms with E-state index in [2.05, 4.69) is 15.2 Å². The first kappa shape index (κ1) is 19.9. The highest BCUT2D eigenvalue weighted by atomic mass is 16.2. The number of hydrogen-bond acceptors (Lipinski definition) is 7. The number of carbonyl (C=O) groups excluding carboxylic acids is 1. The lowest BCUT2D eigenvalue weighted by molar-refractivity contribution is -0.125. The summed E-state index contributed by atoms with van der Waals surface area (Å²) >= 11 is 0. The predicted octanol–water partition coefficient (Wildman–Crippen LogP) is 2.58. The van der Waals surface area contributed by atoms with Gasteiger partial charge in [0.1, 0.15) is 5.69 Å². The average Bonchev–Trinajstić information content (AvgIpc) is 3.25. The number of nitrogens with zero attached hydrogens (tertiary/aromatic N) is 6. The molecule has 1 fully saturated rings. The Morgan fingerprint density at radius 1 is 1.33 bits per heavy atom. The SMILES string of the molecule is CN1C(=O)C(C)(C)CN(C2CCCC2)c2nc(Nc3cccn(C#N)c3=N)ncc21. The number of rotatable bonds is 3. The quantitative estimate of drug-likeness (QED) is 0.810. The van der Waals surface area contributed by atoms with Crippen molar-refractivity contribution in [1.82, 2.24) is 14.5 Å². The van der Waals surface area contributed by atoms with E-state index in [-0.39, 0.29) is 11.4 Å². The second kappa shape index (κ2) is 7.44. The van der Waals surface area contributed by atoms with Crippen LogP contribution in [0.4, 0.5) is 23.1 Å². The van der Waals surface area contributed by atoms with Gasteiger partial charge in [0.05, 0.1) is 17.3 Å². The minimum Gasteiger partial charge on any atom is -0.351 e. The molecule has 0 bridgehead atoms. The number of anilines is 4. The molecule has 9 nitrogen and oxygen atoms in total. The molecule has 156 valence electrons. The minimum absolute atomic E-state index is 0.0274. The van der Waals surface area contributed by atoms with Gasteiger partial charge in [-0.3, -0.25) is 10.2 Å². The Hall–Kier alpha value is -3.41. The Morgan fingerprint density at radius 2 is 2.07 bits per heavy atom. The molecule has 0 spiro atoms. The van der Waals surface area contributed by atoms with E-state index >= 15 is 0 Å². The minimum atomic E-state index is -0.544. The van der Waals surface area contributed by atoms with Crippen molar-refractivity contribution >= 4 is 29.0 Å². The van der Waals surface area contributed by atoms with Crippen molar-refractivity contribution in [3.63, 3.8) is 0 Å². The molecule has 30 heavy (non-hydrogen) atoms. The molecule has 1 aliphatic heterocycles. The largest absolute Gasteiger partial charge is 0.351 e. The molecule has 3 heterocycles. The van der Waals surface area contributed by atoms with Gasteiger partial charge in [0, 0.05) is 25.8 Å². The summed E-state index contributed by atoms with van der Waals surface area (Å²) in [5.41, 5.74) is 0.608. The Labute approximate surface area is 175 Å². The predicted molar refractivity (Wildman–Crippen MR) is 113 cm³/mol. The first-order valence-electron chi connectivity index (χ1n) is 10.2. The van der Waals surface area contributed by atoms with Crippen LogP contribution in [-0.2, 0) is 4.79 Å². The van der Waals surface area contributed by atoms with Gasteiger partial charge in [0.25, 0.3) is 0 Å². The number of nitriles is 1. The molecular weight excluding hydrogens is 380 g/mol. The molecule has 4 rings (SSSR count). The fourth-order valence-electron chi connectivity index (χ4n) is 4.34. The van der Waals surface area contributed by atoms with E-state index in [9.17, 15) is 4.79 Å². The third-order valence-corrected chi connectivity index (χ3v) is 5.95. The van der Waals surface area contributed by atoms with Crippen molar-refractivity contribution in [2.24, 2.45) is 5.41 Å². The number of amides is 1. The first-order valence-corrected chi connectivity index (χ1v) is 10.2. The van der Waals surface area contributed by atoms with E-state index in [4.69, 9.17) is 15.7 Å². The maximum atomic E-state index is 13.1. The third kappa shape index (κ3) is 3.38. The van der Waals surface area contributed by atoms with Gasteiger partial charge in [0.15, 0.2) is 17.5 Å². The average molecular weight is 406 g/mol. The van der Waals surface area contributed by atoms with E-state index in [0.29, 0.717) is 29.9 Å². The summed E-state index contributed by atoms with van der Waals surface area (Å²) < 4.78 is 1.16. The maximum absolute atomic E-state index is 13.1. The molecule has 0 unspecified atom stereocenters. The van der Waals surface area contributed by atoms with Gasteiger partial charge in [-0.15, -0.1) is 0 Å². The molecule has 0 aromatic carbocycles. The van der Waals surface area contributed by atoms with E-state index < -0.39 is 5.41 Å². The molecule has 1 aliphatic carbocycles. The van der Waals surface area contributed by atoms with Crippen LogP contribution in [0.2, 0.25) is 0 Å². The Balaban J connectivity index is 1.78. The number of pyridine rings is 1. The lowest BCUT2D eigenvalue weighted by Gasteiger charge is -2.34. The van der Waals surface area contributed by atoms with E-state index in [0.717, 1.165) is 23.2 Å². The topological polar surface area (TPSA) is 114 Å². The number of fused-ring (bicyclic) bond motifs is 1. The van der Waals surface area contributed by atoms with Gasteiger partial charge in [-0.25, -0.2) is 9.55 Å². The standard InChI is InChI=1S/C21H26N8O/c1-21(2)12-29(14-7-4-5-8-14)18-16(27(3)19(21)30)11-24-20(26-18)25-15-9-6-10-28(13-22)17(15)23/h6,9-11,14,23H,4-5,7-8,12H2,1-3H3,(H,24,25,26). The Bertz CT molecular complexity index is 1080. The highest BCUT2D eigenvalue weighted by Crippen LogP contribution is 2.40. The van der Waals surface area contributed by atoms with E-state index in [1.165, 1.54) is 19.0 Å². The maximum Gasteiger partial charge on any atom is 0.234 e. The van der Waals surface area contributed by atoms with Crippen molar-refractivity contribution in [3.8, 4) is 6.19 Å². The van der Waals surface area contributed by atoms with Crippen molar-refractivity contribution in [3.05, 3.63) is 30.0 Å². The normalized spacial score (nSPS) is 18.7. The van der Waals surface area contributed by atoms with Crippen molar-refractivity contribution < 1.29 is 4.79 Å². The fraction of sp³-hybridized carbons (Fsp3) is 0.476. The van der Waals surface area contributed by atoms with E-state index in [1.807, 2.05) is 20.0 Å². The molecule has 0 radical (unpaired) electrons. The number of carbonyl (C=O) groups is 1. The Kier molecular flexibility index (Phi) is 4.94. The van der Waals surface area contributed by atoms with Crippen molar-refractivity contribution in [2.75, 3.05) is 28.7 Å². The van der Waals surface area contributed by atoms with Gasteiger partial charge in [0.2, 0.25) is 11.9 Å². The molecule has 2 aromatic heterocycles. The smallest absolute Gasteiger partial charge is 0.234 e. The van der Waals surface area contributed by atoms with Crippen molar-refractivity contribution in [2.45, 2.75) is 45.6 Å². The Morgan fingerprint density at radius 3 is 2.77 bits per heavy atom. The van der Waals surface area contributed by atoms with Crippen LogP contribution in [0.15, 0.2) is 24.5 Å². The second-order valence-corrected chi connectivity index (χ2v) is 8.58. The number of hydrogen-bond donors (Lipinski definition) is 2. The molecule has 1 saturated carbocycles. The van der Waals surface area contributed by atoms with Crippen LogP contribution >= 0.6 is 0 Å². The molecule has 0 atom stereocenters. The molecule has 2 aromatic rings. The van der Waals surface area contributed by atoms with Crippen molar-refractivity contribution in [1.29, 1.82) is 10.7 Å². The fourth-order valence-corrected chi connectivity index (χ4v) is 4.34. The van der Waals surface area contributed by atoms with Crippen LogP contribution in [0.25, 0.3) is 0 Å². The van der Waals surface area contributed by atoms with E-state index in [1.54, 1.807) is 30.3 Å². The lowest BCUT2D eigenvalue weighted by atomic mass is 9.91. The van der Waals surface area contributed by atoms with Gasteiger partial charge < -0.3 is 15.1 Å². The summed E-state index contributed by atoms with van der Waals surface area (Å²) in [6.45, 7) is 4.54. The summed E-state index contributed by atoms with van der Waals surface area (Å²) in [6.07, 6.45) is 9.64. The first-order chi connectivity index (χ1) is 14.3. The monoisotopic (exact) mass is 406 g/mol. The van der Waals surface area contributed by atoms with Crippen LogP contribution in [0.5, 0.6) is 0 Å². The van der Waals surface area contributed by atoms with Gasteiger partial charge in [-0.1, -0.05) is 12.8 Å². The molecule has 9 heteroatoms. The molecule has 0 saturated heterocycles. The number of nitrogens with one attached hydrogen (secondary N) is 2. The summed E-state index contributed by atoms with van der Waals surface area (Å²) in [5, 5.41) is 20.4. The van der Waals surface area contributed by atoms with Crippen LogP contribution in [-0.4, -0.2) is 40.1 Å². The zero-order valence-electron chi connectivity index (χ0n) is 17.5. The molecule has 1 amide bonds. The lowest BCUT2D eigenvalue weighted by Crippen LogP contribution is -2.45. The van der Waals surface area contributed by atoms with Crippen LogP contribution in [0, 0.1) is 22.3 Å². The molecule has 2 N–H and O–H groups in total. The third-order valence-electron chi connectivity index (χ3n) is 5.95. The molecular formula is C21H26N8O. The van der Waals surface area contributed by atoms with Crippen LogP contribution < -0.4 is 20.6 Å². The summed E-state index contributed by atoms with van der Waals surface area (Å²) in [6, 6.07) is 3.74. The summed E-state index contributed by atoms with van der Waals surface area (Å²) in [4.78, 5) is 26.1. The highest BCUT2D eigenvalue weighted by molar-refractivity contribution is 6.00. The zero-order valence-corrected chi connectivity index (χ0v) is 17.5. The van der Waals surface area contributed by atoms with Crippen LogP contribution in [0.1, 0.15) is 39.5 Å². The second-order valence-electron chi connectivity index (χ2n) is 8.58. The zero-order chi connectivity index (χ0) is 21.5. The van der Waals surface area contributed by atoms with Gasteiger partial charge in [-0.2, -0.15) is 10.2 Å².